The standard InChI is InChI=1S/C18H15P.C9H17NO3/c1-4-10-16(11-5-1)19(17-12-6-2-7-13-17)18-14-8-3-9-15-18;1-9(2,3)13-8(12)10-5-4-7(11)6-10/h1-15H;7,11H,4-6H2,1-3H3/t;7-/m.0/s1. The van der Waals surface area contributed by atoms with Gasteiger partial charge in [0.25, 0.3) is 0 Å². The van der Waals surface area contributed by atoms with Gasteiger partial charge < -0.3 is 14.7 Å². The lowest BCUT2D eigenvalue weighted by Crippen LogP contribution is -2.35. The number of β-amino-alcohol motifs (C(OH)–C–C–N with tert-alkyl or cyclic N) is 1. The Balaban J connectivity index is 0.000000195. The summed E-state index contributed by atoms with van der Waals surface area (Å²) in [4.78, 5) is 12.9. The van der Waals surface area contributed by atoms with Crippen molar-refractivity contribution in [2.24, 2.45) is 0 Å². The number of nitrogens with zero attached hydrogens (tertiary/aromatic N) is 1. The molecule has 0 spiro atoms. The summed E-state index contributed by atoms with van der Waals surface area (Å²) in [6.07, 6.45) is -0.0595. The molecule has 1 aliphatic heterocycles. The first kappa shape index (κ1) is 24.0. The number of carbonyl (C=O) groups excluding carboxylic acids is 1. The predicted molar refractivity (Wildman–Crippen MR) is 134 cm³/mol. The number of carbonyl (C=O) groups is 1. The first-order chi connectivity index (χ1) is 15.3. The van der Waals surface area contributed by atoms with Crippen LogP contribution < -0.4 is 15.9 Å². The summed E-state index contributed by atoms with van der Waals surface area (Å²) in [7, 11) is -0.446. The molecule has 0 unspecified atom stereocenters. The average molecular weight is 450 g/mol. The topological polar surface area (TPSA) is 49.8 Å². The second kappa shape index (κ2) is 11.3. The van der Waals surface area contributed by atoms with Gasteiger partial charge in [-0.1, -0.05) is 91.0 Å². The molecule has 1 atom stereocenters. The number of benzene rings is 3. The molecular formula is C27H32NO3P. The Hall–Kier alpha value is -2.68. The minimum absolute atomic E-state index is 0.330. The van der Waals surface area contributed by atoms with Crippen LogP contribution in [-0.2, 0) is 4.74 Å². The molecule has 0 saturated carbocycles. The van der Waals surface area contributed by atoms with Crippen LogP contribution in [0.25, 0.3) is 0 Å². The maximum atomic E-state index is 11.4. The van der Waals surface area contributed by atoms with Crippen molar-refractivity contribution in [3.8, 4) is 0 Å². The first-order valence-electron chi connectivity index (χ1n) is 10.9. The van der Waals surface area contributed by atoms with Gasteiger partial charge in [-0.3, -0.25) is 0 Å². The first-order valence-corrected chi connectivity index (χ1v) is 12.3. The van der Waals surface area contributed by atoms with Crippen molar-refractivity contribution in [2.45, 2.75) is 38.9 Å². The number of ether oxygens (including phenoxy) is 1. The van der Waals surface area contributed by atoms with E-state index in [0.29, 0.717) is 19.5 Å². The lowest BCUT2D eigenvalue weighted by Gasteiger charge is -2.24. The predicted octanol–water partition coefficient (Wildman–Crippen LogP) is 4.43. The fourth-order valence-corrected chi connectivity index (χ4v) is 5.72. The van der Waals surface area contributed by atoms with Gasteiger partial charge in [0, 0.05) is 13.1 Å². The van der Waals surface area contributed by atoms with Crippen LogP contribution in [0.4, 0.5) is 4.79 Å². The number of hydrogen-bond donors (Lipinski definition) is 1. The Morgan fingerprint density at radius 1 is 0.844 bits per heavy atom. The molecule has 0 bridgehead atoms. The molecule has 4 nitrogen and oxygen atoms in total. The molecule has 0 aromatic heterocycles. The molecule has 3 aromatic carbocycles. The second-order valence-electron chi connectivity index (χ2n) is 8.71. The molecule has 1 aliphatic rings. The Labute approximate surface area is 192 Å². The highest BCUT2D eigenvalue weighted by Crippen LogP contribution is 2.32. The number of hydrogen-bond acceptors (Lipinski definition) is 3. The van der Waals surface area contributed by atoms with Gasteiger partial charge in [0.1, 0.15) is 5.60 Å². The summed E-state index contributed by atoms with van der Waals surface area (Å²) in [5, 5.41) is 13.4. The van der Waals surface area contributed by atoms with E-state index in [2.05, 4.69) is 91.0 Å². The van der Waals surface area contributed by atoms with Gasteiger partial charge in [0.05, 0.1) is 6.10 Å². The van der Waals surface area contributed by atoms with Crippen LogP contribution in [0, 0.1) is 0 Å². The highest BCUT2D eigenvalue weighted by atomic mass is 31.1. The van der Waals surface area contributed by atoms with Gasteiger partial charge in [0.15, 0.2) is 0 Å². The number of likely N-dealkylation sites (tertiary alicyclic amines) is 1. The molecule has 1 N–H and O–H groups in total. The van der Waals surface area contributed by atoms with E-state index in [9.17, 15) is 9.90 Å². The summed E-state index contributed by atoms with van der Waals surface area (Å²) in [6.45, 7) is 6.48. The Bertz CT molecular complexity index is 865. The van der Waals surface area contributed by atoms with Crippen molar-refractivity contribution in [2.75, 3.05) is 13.1 Å². The van der Waals surface area contributed by atoms with Crippen LogP contribution in [0.5, 0.6) is 0 Å². The zero-order valence-electron chi connectivity index (χ0n) is 19.0. The molecule has 1 heterocycles. The number of aliphatic hydroxyl groups is 1. The van der Waals surface area contributed by atoms with Crippen molar-refractivity contribution in [3.63, 3.8) is 0 Å². The molecule has 4 rings (SSSR count). The monoisotopic (exact) mass is 449 g/mol. The number of rotatable bonds is 3. The quantitative estimate of drug-likeness (QED) is 0.602. The highest BCUT2D eigenvalue weighted by Gasteiger charge is 2.28. The molecule has 1 saturated heterocycles. The third-order valence-corrected chi connectivity index (χ3v) is 7.30. The van der Waals surface area contributed by atoms with E-state index in [1.54, 1.807) is 0 Å². The van der Waals surface area contributed by atoms with Gasteiger partial charge in [0.2, 0.25) is 0 Å². The number of amides is 1. The lowest BCUT2D eigenvalue weighted by atomic mass is 10.2. The summed E-state index contributed by atoms with van der Waals surface area (Å²) in [5.41, 5.74) is -0.454. The van der Waals surface area contributed by atoms with Gasteiger partial charge in [-0.15, -0.1) is 0 Å². The minimum Gasteiger partial charge on any atom is -0.444 e. The van der Waals surface area contributed by atoms with Crippen LogP contribution in [0.2, 0.25) is 0 Å². The van der Waals surface area contributed by atoms with Gasteiger partial charge >= 0.3 is 6.09 Å². The van der Waals surface area contributed by atoms with Crippen LogP contribution in [0.15, 0.2) is 91.0 Å². The van der Waals surface area contributed by atoms with Crippen molar-refractivity contribution >= 4 is 29.9 Å². The van der Waals surface area contributed by atoms with Crippen molar-refractivity contribution in [3.05, 3.63) is 91.0 Å². The van der Waals surface area contributed by atoms with Crippen molar-refractivity contribution in [1.82, 2.24) is 4.90 Å². The third kappa shape index (κ3) is 7.19. The summed E-state index contributed by atoms with van der Waals surface area (Å²) in [5.74, 6) is 0. The maximum absolute atomic E-state index is 11.4. The van der Waals surface area contributed by atoms with E-state index in [1.165, 1.54) is 20.8 Å². The zero-order chi connectivity index (χ0) is 23.0. The van der Waals surface area contributed by atoms with Gasteiger partial charge in [-0.05, 0) is 51.0 Å². The smallest absolute Gasteiger partial charge is 0.410 e. The molecule has 1 fully saturated rings. The third-order valence-electron chi connectivity index (χ3n) is 4.86. The molecule has 32 heavy (non-hydrogen) atoms. The summed E-state index contributed by atoms with van der Waals surface area (Å²) >= 11 is 0. The van der Waals surface area contributed by atoms with Crippen molar-refractivity contribution in [1.29, 1.82) is 0 Å². The fraction of sp³-hybridized carbons (Fsp3) is 0.296. The highest BCUT2D eigenvalue weighted by molar-refractivity contribution is 7.79. The van der Waals surface area contributed by atoms with Crippen LogP contribution >= 0.6 is 7.92 Å². The molecule has 5 heteroatoms. The van der Waals surface area contributed by atoms with E-state index < -0.39 is 13.5 Å². The Kier molecular flexibility index (Phi) is 8.44. The Morgan fingerprint density at radius 2 is 1.25 bits per heavy atom. The minimum atomic E-state index is -0.454. The van der Waals surface area contributed by atoms with Gasteiger partial charge in [-0.2, -0.15) is 0 Å². The lowest BCUT2D eigenvalue weighted by molar-refractivity contribution is 0.0270. The van der Waals surface area contributed by atoms with E-state index in [1.807, 2.05) is 20.8 Å². The normalized spacial score (nSPS) is 15.8. The molecule has 0 aliphatic carbocycles. The summed E-state index contributed by atoms with van der Waals surface area (Å²) in [6, 6.07) is 32.3. The van der Waals surface area contributed by atoms with Gasteiger partial charge in [-0.25, -0.2) is 4.79 Å². The van der Waals surface area contributed by atoms with E-state index >= 15 is 0 Å². The van der Waals surface area contributed by atoms with Crippen LogP contribution in [-0.4, -0.2) is 40.9 Å². The fourth-order valence-electron chi connectivity index (χ4n) is 3.41. The average Bonchev–Trinajstić information content (AvgIpc) is 3.22. The summed E-state index contributed by atoms with van der Waals surface area (Å²) < 4.78 is 5.15. The Morgan fingerprint density at radius 3 is 1.56 bits per heavy atom. The number of aliphatic hydroxyl groups excluding tert-OH is 1. The molecule has 0 radical (unpaired) electrons. The molecule has 168 valence electrons. The van der Waals surface area contributed by atoms with Crippen LogP contribution in [0.1, 0.15) is 27.2 Å². The van der Waals surface area contributed by atoms with E-state index in [4.69, 9.17) is 4.74 Å². The molecule has 3 aromatic rings. The molecule has 1 amide bonds. The largest absolute Gasteiger partial charge is 0.444 e. The van der Waals surface area contributed by atoms with Crippen LogP contribution in [0.3, 0.4) is 0 Å². The zero-order valence-corrected chi connectivity index (χ0v) is 19.9. The van der Waals surface area contributed by atoms with E-state index in [-0.39, 0.29) is 12.2 Å². The van der Waals surface area contributed by atoms with Crippen molar-refractivity contribution < 1.29 is 14.6 Å². The van der Waals surface area contributed by atoms with E-state index in [0.717, 1.165) is 0 Å². The molecular weight excluding hydrogens is 417 g/mol. The second-order valence-corrected chi connectivity index (χ2v) is 10.9. The SMILES string of the molecule is CC(C)(C)OC(=O)N1CC[C@H](O)C1.c1ccc(P(c2ccccc2)c2ccccc2)cc1. The maximum Gasteiger partial charge on any atom is 0.410 e.